The van der Waals surface area contributed by atoms with Crippen molar-refractivity contribution in [1.82, 2.24) is 20.7 Å². The Morgan fingerprint density at radius 1 is 1.22 bits per heavy atom. The van der Waals surface area contributed by atoms with Crippen LogP contribution in [0.25, 0.3) is 11.0 Å². The molecule has 0 aliphatic carbocycles. The number of fused-ring (bicyclic) bond motifs is 1. The van der Waals surface area contributed by atoms with Crippen molar-refractivity contribution in [2.75, 3.05) is 7.11 Å². The Morgan fingerprint density at radius 2 is 1.96 bits per heavy atom. The third-order valence-corrected chi connectivity index (χ3v) is 4.50. The normalized spacial score (nSPS) is 13.1. The maximum atomic E-state index is 12.4. The minimum atomic E-state index is -1.29. The molecule has 0 fully saturated rings. The Kier molecular flexibility index (Phi) is 5.35. The van der Waals surface area contributed by atoms with E-state index >= 15 is 0 Å². The molecule has 8 nitrogen and oxygen atoms in total. The summed E-state index contributed by atoms with van der Waals surface area (Å²) in [7, 11) is 1.24. The van der Waals surface area contributed by atoms with Gasteiger partial charge in [0.05, 0.1) is 7.11 Å². The predicted molar refractivity (Wildman–Crippen MR) is 98.5 cm³/mol. The van der Waals surface area contributed by atoms with Gasteiger partial charge in [0, 0.05) is 5.92 Å². The van der Waals surface area contributed by atoms with Gasteiger partial charge in [-0.1, -0.05) is 36.4 Å². The van der Waals surface area contributed by atoms with E-state index in [0.717, 1.165) is 22.2 Å². The summed E-state index contributed by atoms with van der Waals surface area (Å²) >= 11 is 0. The van der Waals surface area contributed by atoms with Crippen molar-refractivity contribution in [3.8, 4) is 0 Å². The highest BCUT2D eigenvalue weighted by molar-refractivity contribution is 5.83. The van der Waals surface area contributed by atoms with Crippen molar-refractivity contribution in [2.45, 2.75) is 25.3 Å². The lowest BCUT2D eigenvalue weighted by Gasteiger charge is -2.26. The van der Waals surface area contributed by atoms with Crippen LogP contribution >= 0.6 is 0 Å². The summed E-state index contributed by atoms with van der Waals surface area (Å²) in [6.07, 6.45) is -0.841. The molecule has 2 atom stereocenters. The van der Waals surface area contributed by atoms with Crippen LogP contribution in [0.1, 0.15) is 22.6 Å². The van der Waals surface area contributed by atoms with Crippen LogP contribution in [0.3, 0.4) is 0 Å². The monoisotopic (exact) mass is 368 g/mol. The second-order valence-electron chi connectivity index (χ2n) is 6.28. The Balaban J connectivity index is 2.09. The van der Waals surface area contributed by atoms with Gasteiger partial charge in [0.15, 0.2) is 0 Å². The Morgan fingerprint density at radius 3 is 2.63 bits per heavy atom. The first kappa shape index (κ1) is 18.4. The predicted octanol–water partition coefficient (Wildman–Crippen LogP) is 2.40. The molecule has 0 spiro atoms. The van der Waals surface area contributed by atoms with E-state index in [4.69, 9.17) is 4.74 Å². The second-order valence-corrected chi connectivity index (χ2v) is 6.28. The number of benzene rings is 2. The van der Waals surface area contributed by atoms with Crippen LogP contribution in [0.15, 0.2) is 42.5 Å². The van der Waals surface area contributed by atoms with Crippen LogP contribution in [0.4, 0.5) is 4.79 Å². The summed E-state index contributed by atoms with van der Waals surface area (Å²) in [5.74, 6) is -1.12. The topological polar surface area (TPSA) is 117 Å². The number of rotatable bonds is 6. The van der Waals surface area contributed by atoms with E-state index in [1.165, 1.54) is 7.11 Å². The maximum absolute atomic E-state index is 12.4. The van der Waals surface area contributed by atoms with Gasteiger partial charge in [0.1, 0.15) is 17.1 Å². The Labute approximate surface area is 155 Å². The van der Waals surface area contributed by atoms with E-state index in [-0.39, 0.29) is 0 Å². The lowest BCUT2D eigenvalue weighted by Crippen LogP contribution is -2.45. The van der Waals surface area contributed by atoms with Gasteiger partial charge in [-0.15, -0.1) is 0 Å². The molecule has 0 bridgehead atoms. The molecule has 27 heavy (non-hydrogen) atoms. The van der Waals surface area contributed by atoms with Crippen molar-refractivity contribution < 1.29 is 19.4 Å². The van der Waals surface area contributed by atoms with Crippen molar-refractivity contribution >= 4 is 23.1 Å². The average molecular weight is 368 g/mol. The zero-order valence-electron chi connectivity index (χ0n) is 15.0. The Bertz CT molecular complexity index is 955. The van der Waals surface area contributed by atoms with Gasteiger partial charge in [-0.25, -0.2) is 9.59 Å². The molecule has 0 saturated heterocycles. The first-order valence-corrected chi connectivity index (χ1v) is 8.42. The highest BCUT2D eigenvalue weighted by Gasteiger charge is 2.33. The first-order chi connectivity index (χ1) is 13.0. The molecular weight excluding hydrogens is 348 g/mol. The van der Waals surface area contributed by atoms with Gasteiger partial charge in [-0.2, -0.15) is 15.4 Å². The summed E-state index contributed by atoms with van der Waals surface area (Å²) in [5.41, 5.74) is 4.02. The van der Waals surface area contributed by atoms with Crippen LogP contribution in [0.5, 0.6) is 0 Å². The number of hydrogen-bond acceptors (Lipinski definition) is 5. The maximum Gasteiger partial charge on any atom is 0.405 e. The molecule has 0 aliphatic heterocycles. The van der Waals surface area contributed by atoms with Gasteiger partial charge in [0.25, 0.3) is 0 Å². The number of aromatic amines is 1. The van der Waals surface area contributed by atoms with Crippen molar-refractivity contribution in [1.29, 1.82) is 0 Å². The number of H-pyrrole nitrogens is 1. The van der Waals surface area contributed by atoms with E-state index in [2.05, 4.69) is 20.7 Å². The number of aromatic nitrogens is 3. The highest BCUT2D eigenvalue weighted by Crippen LogP contribution is 2.29. The van der Waals surface area contributed by atoms with Crippen molar-refractivity contribution in [3.05, 3.63) is 59.2 Å². The van der Waals surface area contributed by atoms with Crippen LogP contribution in [0.2, 0.25) is 0 Å². The number of carbonyl (C=O) groups is 2. The second kappa shape index (κ2) is 7.86. The number of ether oxygens (including phenoxy) is 1. The highest BCUT2D eigenvalue weighted by atomic mass is 16.5. The molecule has 3 N–H and O–H groups in total. The van der Waals surface area contributed by atoms with Crippen LogP contribution in [0, 0.1) is 6.92 Å². The van der Waals surface area contributed by atoms with Gasteiger partial charge in [-0.3, -0.25) is 0 Å². The molecule has 2 aromatic carbocycles. The van der Waals surface area contributed by atoms with E-state index in [1.54, 1.807) is 0 Å². The number of aryl methyl sites for hydroxylation is 1. The SMILES string of the molecule is COC(=O)C(NC(=O)O)[C@@H](Cc1ccccc1)c1cc(C)c2n[nH]nc2c1. The molecule has 1 aromatic heterocycles. The average Bonchev–Trinajstić information content (AvgIpc) is 3.14. The van der Waals surface area contributed by atoms with Crippen molar-refractivity contribution in [3.63, 3.8) is 0 Å². The third kappa shape index (κ3) is 4.05. The number of hydrogen-bond donors (Lipinski definition) is 3. The molecule has 0 aliphatic rings. The summed E-state index contributed by atoms with van der Waals surface area (Å²) < 4.78 is 4.86. The number of carbonyl (C=O) groups excluding carboxylic acids is 1. The molecule has 0 radical (unpaired) electrons. The summed E-state index contributed by atoms with van der Waals surface area (Å²) in [6.45, 7) is 1.89. The van der Waals surface area contributed by atoms with E-state index in [9.17, 15) is 14.7 Å². The fourth-order valence-corrected chi connectivity index (χ4v) is 3.24. The molecule has 1 amide bonds. The lowest BCUT2D eigenvalue weighted by atomic mass is 9.84. The number of amides is 1. The summed E-state index contributed by atoms with van der Waals surface area (Å²) in [4.78, 5) is 23.7. The molecule has 3 aromatic rings. The van der Waals surface area contributed by atoms with Crippen molar-refractivity contribution in [2.24, 2.45) is 0 Å². The molecule has 3 rings (SSSR count). The largest absolute Gasteiger partial charge is 0.467 e. The number of nitrogens with zero attached hydrogens (tertiary/aromatic N) is 2. The minimum Gasteiger partial charge on any atom is -0.467 e. The van der Waals surface area contributed by atoms with E-state index < -0.39 is 24.0 Å². The molecule has 1 heterocycles. The molecule has 0 saturated carbocycles. The third-order valence-electron chi connectivity index (χ3n) is 4.50. The quantitative estimate of drug-likeness (QED) is 0.575. The fourth-order valence-electron chi connectivity index (χ4n) is 3.24. The fraction of sp³-hybridized carbons (Fsp3) is 0.263. The zero-order valence-corrected chi connectivity index (χ0v) is 15.0. The van der Waals surface area contributed by atoms with Crippen LogP contribution in [-0.4, -0.2) is 45.7 Å². The standard InChI is InChI=1S/C19H20N4O4/c1-11-8-13(10-15-16(11)22-23-21-15)14(9-12-6-4-3-5-7-12)17(18(24)27-2)20-19(25)26/h3-8,10,14,17,20H,9H2,1-2H3,(H,25,26)(H,21,22,23)/t14-,17?/m0/s1. The molecule has 140 valence electrons. The summed E-state index contributed by atoms with van der Waals surface area (Å²) in [5, 5.41) is 22.4. The molecule has 1 unspecified atom stereocenters. The van der Waals surface area contributed by atoms with Crippen LogP contribution in [-0.2, 0) is 16.0 Å². The zero-order chi connectivity index (χ0) is 19.4. The number of nitrogens with one attached hydrogen (secondary N) is 2. The first-order valence-electron chi connectivity index (χ1n) is 8.42. The summed E-state index contributed by atoms with van der Waals surface area (Å²) in [6, 6.07) is 12.2. The number of carboxylic acid groups (broad SMARTS) is 1. The van der Waals surface area contributed by atoms with Gasteiger partial charge < -0.3 is 15.2 Å². The minimum absolute atomic E-state index is 0.448. The van der Waals surface area contributed by atoms with E-state index in [1.807, 2.05) is 49.4 Å². The van der Waals surface area contributed by atoms with Gasteiger partial charge in [0.2, 0.25) is 0 Å². The van der Waals surface area contributed by atoms with Gasteiger partial charge >= 0.3 is 12.1 Å². The number of esters is 1. The smallest absolute Gasteiger partial charge is 0.405 e. The molecule has 8 heteroatoms. The van der Waals surface area contributed by atoms with E-state index in [0.29, 0.717) is 11.9 Å². The van der Waals surface area contributed by atoms with Crippen LogP contribution < -0.4 is 5.32 Å². The number of methoxy groups -OCH3 is 1. The lowest BCUT2D eigenvalue weighted by molar-refractivity contribution is -0.143. The molecular formula is C19H20N4O4. The van der Waals surface area contributed by atoms with Gasteiger partial charge in [-0.05, 0) is 36.1 Å². The Hall–Kier alpha value is -3.42.